The van der Waals surface area contributed by atoms with Crippen LogP contribution in [0.3, 0.4) is 0 Å². The Labute approximate surface area is 139 Å². The molecule has 1 aliphatic heterocycles. The topological polar surface area (TPSA) is 67.2 Å². The van der Waals surface area contributed by atoms with Gasteiger partial charge in [0.2, 0.25) is 5.91 Å². The molecule has 3 rings (SSSR count). The molecule has 0 saturated carbocycles. The van der Waals surface area contributed by atoms with Crippen molar-refractivity contribution in [2.75, 3.05) is 18.8 Å². The maximum absolute atomic E-state index is 12.5. The predicted molar refractivity (Wildman–Crippen MR) is 94.1 cm³/mol. The largest absolute Gasteiger partial charge is 0.399 e. The Morgan fingerprint density at radius 2 is 2.13 bits per heavy atom. The van der Waals surface area contributed by atoms with Crippen LogP contribution in [0.5, 0.6) is 0 Å². The van der Waals surface area contributed by atoms with Crippen LogP contribution >= 0.6 is 0 Å². The molecule has 1 aliphatic carbocycles. The molecular weight excluding hydrogens is 286 g/mol. The molecule has 2 atom stereocenters. The molecule has 0 aromatic heterocycles. The van der Waals surface area contributed by atoms with E-state index in [1.165, 1.54) is 24.0 Å². The van der Waals surface area contributed by atoms with E-state index < -0.39 is 0 Å². The summed E-state index contributed by atoms with van der Waals surface area (Å²) in [4.78, 5) is 12.5. The average Bonchev–Trinajstić information content (AvgIpc) is 2.55. The minimum atomic E-state index is 0.159. The first-order valence-electron chi connectivity index (χ1n) is 9.02. The van der Waals surface area contributed by atoms with E-state index in [0.717, 1.165) is 38.0 Å². The number of anilines is 1. The summed E-state index contributed by atoms with van der Waals surface area (Å²) in [6, 6.07) is 6.25. The zero-order valence-corrected chi connectivity index (χ0v) is 14.1. The standard InChI is InChI=1S/C19H29N3O/c1-13(14-7-9-21-10-8-14)11-19(23)22-18-4-2-3-15-12-16(20)5-6-17(15)18/h5-6,12-14,18,21H,2-4,7-11,20H2,1H3,(H,22,23). The molecule has 1 fully saturated rings. The quantitative estimate of drug-likeness (QED) is 0.749. The molecule has 1 heterocycles. The highest BCUT2D eigenvalue weighted by molar-refractivity contribution is 5.76. The molecule has 4 heteroatoms. The number of nitrogens with two attached hydrogens (primary N) is 1. The molecule has 0 bridgehead atoms. The van der Waals surface area contributed by atoms with Crippen molar-refractivity contribution >= 4 is 11.6 Å². The summed E-state index contributed by atoms with van der Waals surface area (Å²) < 4.78 is 0. The first kappa shape index (κ1) is 16.3. The molecule has 0 radical (unpaired) electrons. The van der Waals surface area contributed by atoms with Crippen LogP contribution in [0.25, 0.3) is 0 Å². The van der Waals surface area contributed by atoms with Crippen molar-refractivity contribution in [2.24, 2.45) is 11.8 Å². The van der Waals surface area contributed by atoms with Crippen molar-refractivity contribution in [1.29, 1.82) is 0 Å². The third-order valence-corrected chi connectivity index (χ3v) is 5.51. The monoisotopic (exact) mass is 315 g/mol. The Kier molecular flexibility index (Phi) is 5.21. The van der Waals surface area contributed by atoms with Gasteiger partial charge >= 0.3 is 0 Å². The molecule has 2 unspecified atom stereocenters. The second-order valence-electron chi connectivity index (χ2n) is 7.24. The highest BCUT2D eigenvalue weighted by Crippen LogP contribution is 2.31. The number of benzene rings is 1. The molecule has 4 nitrogen and oxygen atoms in total. The van der Waals surface area contributed by atoms with Gasteiger partial charge in [-0.3, -0.25) is 4.79 Å². The second kappa shape index (κ2) is 7.35. The first-order valence-corrected chi connectivity index (χ1v) is 9.02. The van der Waals surface area contributed by atoms with Gasteiger partial charge in [0, 0.05) is 12.1 Å². The van der Waals surface area contributed by atoms with E-state index in [2.05, 4.69) is 29.7 Å². The summed E-state index contributed by atoms with van der Waals surface area (Å²) in [6.45, 7) is 4.41. The van der Waals surface area contributed by atoms with Gasteiger partial charge in [0.25, 0.3) is 0 Å². The molecule has 126 valence electrons. The van der Waals surface area contributed by atoms with Crippen LogP contribution in [0.2, 0.25) is 0 Å². The molecule has 1 saturated heterocycles. The highest BCUT2D eigenvalue weighted by atomic mass is 16.1. The summed E-state index contributed by atoms with van der Waals surface area (Å²) in [5.74, 6) is 1.35. The van der Waals surface area contributed by atoms with Gasteiger partial charge in [-0.2, -0.15) is 0 Å². The summed E-state index contributed by atoms with van der Waals surface area (Å²) in [6.07, 6.45) is 6.25. The lowest BCUT2D eigenvalue weighted by atomic mass is 9.83. The van der Waals surface area contributed by atoms with E-state index in [4.69, 9.17) is 5.73 Å². The van der Waals surface area contributed by atoms with Crippen LogP contribution < -0.4 is 16.4 Å². The molecule has 0 spiro atoms. The minimum Gasteiger partial charge on any atom is -0.399 e. The van der Waals surface area contributed by atoms with Crippen molar-refractivity contribution in [3.63, 3.8) is 0 Å². The zero-order chi connectivity index (χ0) is 16.2. The van der Waals surface area contributed by atoms with Gasteiger partial charge < -0.3 is 16.4 Å². The molecule has 1 aromatic carbocycles. The molecule has 1 amide bonds. The third kappa shape index (κ3) is 4.05. The zero-order valence-electron chi connectivity index (χ0n) is 14.1. The highest BCUT2D eigenvalue weighted by Gasteiger charge is 2.25. The molecule has 2 aliphatic rings. The lowest BCUT2D eigenvalue weighted by Crippen LogP contribution is -2.35. The van der Waals surface area contributed by atoms with E-state index in [0.29, 0.717) is 18.3 Å². The van der Waals surface area contributed by atoms with E-state index in [9.17, 15) is 4.79 Å². The lowest BCUT2D eigenvalue weighted by Gasteiger charge is -2.30. The Bertz CT molecular complexity index is 552. The second-order valence-corrected chi connectivity index (χ2v) is 7.24. The maximum Gasteiger partial charge on any atom is 0.220 e. The van der Waals surface area contributed by atoms with Gasteiger partial charge in [-0.05, 0) is 80.3 Å². The normalized spacial score (nSPS) is 23.1. The van der Waals surface area contributed by atoms with Crippen molar-refractivity contribution < 1.29 is 4.79 Å². The summed E-state index contributed by atoms with van der Waals surface area (Å²) in [7, 11) is 0. The smallest absolute Gasteiger partial charge is 0.220 e. The Hall–Kier alpha value is -1.55. The van der Waals surface area contributed by atoms with Gasteiger partial charge in [0.05, 0.1) is 6.04 Å². The van der Waals surface area contributed by atoms with Gasteiger partial charge in [-0.25, -0.2) is 0 Å². The number of nitrogens with one attached hydrogen (secondary N) is 2. The van der Waals surface area contributed by atoms with E-state index in [1.54, 1.807) is 0 Å². The SMILES string of the molecule is CC(CC(=O)NC1CCCc2cc(N)ccc21)C1CCNCC1. The van der Waals surface area contributed by atoms with Crippen LogP contribution in [0.4, 0.5) is 5.69 Å². The Morgan fingerprint density at radius 3 is 2.91 bits per heavy atom. The van der Waals surface area contributed by atoms with Crippen molar-refractivity contribution in [1.82, 2.24) is 10.6 Å². The molecule has 23 heavy (non-hydrogen) atoms. The van der Waals surface area contributed by atoms with Crippen LogP contribution in [0, 0.1) is 11.8 Å². The number of amides is 1. The third-order valence-electron chi connectivity index (χ3n) is 5.51. The number of fused-ring (bicyclic) bond motifs is 1. The van der Waals surface area contributed by atoms with Crippen LogP contribution in [0.1, 0.15) is 56.2 Å². The van der Waals surface area contributed by atoms with Crippen molar-refractivity contribution in [2.45, 2.75) is 51.5 Å². The Morgan fingerprint density at radius 1 is 1.35 bits per heavy atom. The fourth-order valence-electron chi connectivity index (χ4n) is 4.11. The van der Waals surface area contributed by atoms with E-state index in [-0.39, 0.29) is 11.9 Å². The number of carbonyl (C=O) groups excluding carboxylic acids is 1. The van der Waals surface area contributed by atoms with Gasteiger partial charge in [0.1, 0.15) is 0 Å². The fourth-order valence-corrected chi connectivity index (χ4v) is 4.11. The molecular formula is C19H29N3O. The minimum absolute atomic E-state index is 0.159. The fraction of sp³-hybridized carbons (Fsp3) is 0.632. The predicted octanol–water partition coefficient (Wildman–Crippen LogP) is 2.79. The average molecular weight is 315 g/mol. The summed E-state index contributed by atoms with van der Waals surface area (Å²) >= 11 is 0. The van der Waals surface area contributed by atoms with Crippen LogP contribution in [-0.2, 0) is 11.2 Å². The van der Waals surface area contributed by atoms with E-state index in [1.807, 2.05) is 6.07 Å². The molecule has 1 aromatic rings. The number of hydrogen-bond donors (Lipinski definition) is 3. The van der Waals surface area contributed by atoms with Crippen molar-refractivity contribution in [3.8, 4) is 0 Å². The maximum atomic E-state index is 12.5. The number of rotatable bonds is 4. The first-order chi connectivity index (χ1) is 11.1. The summed E-state index contributed by atoms with van der Waals surface area (Å²) in [5.41, 5.74) is 9.26. The van der Waals surface area contributed by atoms with Gasteiger partial charge in [-0.1, -0.05) is 13.0 Å². The van der Waals surface area contributed by atoms with Crippen molar-refractivity contribution in [3.05, 3.63) is 29.3 Å². The van der Waals surface area contributed by atoms with Crippen LogP contribution in [0.15, 0.2) is 18.2 Å². The summed E-state index contributed by atoms with van der Waals surface area (Å²) in [5, 5.41) is 6.66. The number of aryl methyl sites for hydroxylation is 1. The van der Waals surface area contributed by atoms with Gasteiger partial charge in [0.15, 0.2) is 0 Å². The number of nitrogen functional groups attached to an aromatic ring is 1. The van der Waals surface area contributed by atoms with Gasteiger partial charge in [-0.15, -0.1) is 0 Å². The Balaban J connectivity index is 1.58. The molecule has 4 N–H and O–H groups in total. The lowest BCUT2D eigenvalue weighted by molar-refractivity contribution is -0.123. The number of piperidine rings is 1. The van der Waals surface area contributed by atoms with E-state index >= 15 is 0 Å². The number of hydrogen-bond acceptors (Lipinski definition) is 3. The number of carbonyl (C=O) groups is 1. The van der Waals surface area contributed by atoms with Crippen LogP contribution in [-0.4, -0.2) is 19.0 Å².